The Morgan fingerprint density at radius 1 is 1.33 bits per heavy atom. The molecule has 3 heterocycles. The van der Waals surface area contributed by atoms with Gasteiger partial charge >= 0.3 is 0 Å². The quantitative estimate of drug-likeness (QED) is 0.686. The van der Waals surface area contributed by atoms with Crippen molar-refractivity contribution < 1.29 is 14.6 Å². The van der Waals surface area contributed by atoms with Gasteiger partial charge in [-0.2, -0.15) is 5.10 Å². The predicted molar refractivity (Wildman–Crippen MR) is 102 cm³/mol. The molecule has 0 saturated carbocycles. The molecule has 0 unspecified atom stereocenters. The molecule has 0 aliphatic carbocycles. The van der Waals surface area contributed by atoms with Crippen molar-refractivity contribution >= 4 is 16.7 Å². The standard InChI is InChI=1S/C19H23N5O3/c1-12(10-26-2)27-14-3-4-16-15(7-14)19(23-22-16)17-8-18(21-11-20-17)24-6-5-13(25)9-24/h3-4,7-8,11-13,25H,5-6,9-10H2,1-2H3,(H,22,23)/t12-,13-/m0/s1. The summed E-state index contributed by atoms with van der Waals surface area (Å²) in [6.07, 6.45) is 1.94. The molecule has 1 fully saturated rings. The van der Waals surface area contributed by atoms with Gasteiger partial charge in [0.25, 0.3) is 0 Å². The van der Waals surface area contributed by atoms with E-state index in [4.69, 9.17) is 9.47 Å². The highest BCUT2D eigenvalue weighted by Crippen LogP contribution is 2.30. The van der Waals surface area contributed by atoms with Gasteiger partial charge < -0.3 is 19.5 Å². The molecule has 4 rings (SSSR count). The highest BCUT2D eigenvalue weighted by atomic mass is 16.5. The molecule has 142 valence electrons. The number of ether oxygens (including phenoxy) is 2. The monoisotopic (exact) mass is 369 g/mol. The van der Waals surface area contributed by atoms with E-state index in [9.17, 15) is 5.11 Å². The number of fused-ring (bicyclic) bond motifs is 1. The minimum atomic E-state index is -0.302. The second-order valence-electron chi connectivity index (χ2n) is 6.81. The van der Waals surface area contributed by atoms with Crippen LogP contribution in [0.4, 0.5) is 5.82 Å². The second kappa shape index (κ2) is 7.50. The number of benzene rings is 1. The summed E-state index contributed by atoms with van der Waals surface area (Å²) < 4.78 is 11.0. The van der Waals surface area contributed by atoms with Crippen molar-refractivity contribution in [1.82, 2.24) is 20.2 Å². The van der Waals surface area contributed by atoms with Gasteiger partial charge in [-0.15, -0.1) is 0 Å². The van der Waals surface area contributed by atoms with Gasteiger partial charge in [0, 0.05) is 31.7 Å². The molecule has 1 saturated heterocycles. The molecule has 3 aromatic rings. The fourth-order valence-corrected chi connectivity index (χ4v) is 3.36. The molecule has 1 aliphatic rings. The number of aliphatic hydroxyl groups excluding tert-OH is 1. The number of hydrogen-bond acceptors (Lipinski definition) is 7. The van der Waals surface area contributed by atoms with E-state index in [0.717, 1.165) is 46.8 Å². The van der Waals surface area contributed by atoms with E-state index < -0.39 is 0 Å². The minimum absolute atomic E-state index is 0.0463. The fraction of sp³-hybridized carbons (Fsp3) is 0.421. The summed E-state index contributed by atoms with van der Waals surface area (Å²) in [6.45, 7) is 3.86. The number of hydrogen-bond donors (Lipinski definition) is 2. The topological polar surface area (TPSA) is 96.4 Å². The van der Waals surface area contributed by atoms with Gasteiger partial charge in [0.2, 0.25) is 0 Å². The summed E-state index contributed by atoms with van der Waals surface area (Å²) in [7, 11) is 1.66. The van der Waals surface area contributed by atoms with Gasteiger partial charge in [0.1, 0.15) is 29.7 Å². The van der Waals surface area contributed by atoms with Crippen molar-refractivity contribution in [3.63, 3.8) is 0 Å². The van der Waals surface area contributed by atoms with Crippen LogP contribution >= 0.6 is 0 Å². The molecule has 0 radical (unpaired) electrons. The largest absolute Gasteiger partial charge is 0.488 e. The first-order valence-corrected chi connectivity index (χ1v) is 9.03. The van der Waals surface area contributed by atoms with Crippen molar-refractivity contribution in [3.05, 3.63) is 30.6 Å². The minimum Gasteiger partial charge on any atom is -0.488 e. The van der Waals surface area contributed by atoms with Crippen LogP contribution in [0.1, 0.15) is 13.3 Å². The molecular formula is C19H23N5O3. The summed E-state index contributed by atoms with van der Waals surface area (Å²) in [6, 6.07) is 7.73. The van der Waals surface area contributed by atoms with Crippen molar-refractivity contribution in [2.45, 2.75) is 25.6 Å². The SMILES string of the molecule is COC[C@H](C)Oc1ccc2[nH]nc(-c3cc(N4CC[C@H](O)C4)ncn3)c2c1. The van der Waals surface area contributed by atoms with Crippen LogP contribution in [0.15, 0.2) is 30.6 Å². The van der Waals surface area contributed by atoms with E-state index in [1.807, 2.05) is 31.2 Å². The number of nitrogens with one attached hydrogen (secondary N) is 1. The Balaban J connectivity index is 1.65. The molecule has 0 bridgehead atoms. The number of nitrogens with zero attached hydrogens (tertiary/aromatic N) is 4. The third kappa shape index (κ3) is 3.72. The molecule has 27 heavy (non-hydrogen) atoms. The Hall–Kier alpha value is -2.71. The molecule has 0 amide bonds. The van der Waals surface area contributed by atoms with E-state index in [0.29, 0.717) is 13.2 Å². The van der Waals surface area contributed by atoms with Gasteiger partial charge in [0.05, 0.1) is 23.9 Å². The number of methoxy groups -OCH3 is 1. The molecular weight excluding hydrogens is 346 g/mol. The summed E-state index contributed by atoms with van der Waals surface area (Å²) >= 11 is 0. The van der Waals surface area contributed by atoms with Gasteiger partial charge in [-0.25, -0.2) is 9.97 Å². The highest BCUT2D eigenvalue weighted by molar-refractivity contribution is 5.93. The van der Waals surface area contributed by atoms with Crippen LogP contribution in [0.2, 0.25) is 0 Å². The average Bonchev–Trinajstić information content (AvgIpc) is 3.28. The van der Waals surface area contributed by atoms with Gasteiger partial charge in [-0.05, 0) is 31.5 Å². The number of aromatic nitrogens is 4. The van der Waals surface area contributed by atoms with Gasteiger partial charge in [-0.1, -0.05) is 0 Å². The number of aliphatic hydroxyl groups is 1. The number of β-amino-alcohol motifs (C(OH)–C–C–N with tert-alkyl or cyclic N) is 1. The normalized spacial score (nSPS) is 18.2. The van der Waals surface area contributed by atoms with Crippen LogP contribution in [0, 0.1) is 0 Å². The average molecular weight is 369 g/mol. The second-order valence-corrected chi connectivity index (χ2v) is 6.81. The Bertz CT molecular complexity index is 929. The lowest BCUT2D eigenvalue weighted by molar-refractivity contribution is 0.0922. The van der Waals surface area contributed by atoms with Crippen molar-refractivity contribution in [3.8, 4) is 17.1 Å². The molecule has 2 N–H and O–H groups in total. The fourth-order valence-electron chi connectivity index (χ4n) is 3.36. The van der Waals surface area contributed by atoms with Gasteiger partial charge in [-0.3, -0.25) is 5.10 Å². The first-order valence-electron chi connectivity index (χ1n) is 9.03. The van der Waals surface area contributed by atoms with E-state index in [-0.39, 0.29) is 12.2 Å². The van der Waals surface area contributed by atoms with Crippen LogP contribution in [-0.4, -0.2) is 64.3 Å². The van der Waals surface area contributed by atoms with Crippen LogP contribution in [0.25, 0.3) is 22.3 Å². The van der Waals surface area contributed by atoms with E-state index >= 15 is 0 Å². The zero-order chi connectivity index (χ0) is 18.8. The highest BCUT2D eigenvalue weighted by Gasteiger charge is 2.22. The zero-order valence-electron chi connectivity index (χ0n) is 15.4. The number of anilines is 1. The third-order valence-corrected chi connectivity index (χ3v) is 4.66. The number of rotatable bonds is 6. The Kier molecular flexibility index (Phi) is 4.91. The lowest BCUT2D eigenvalue weighted by Crippen LogP contribution is -2.22. The molecule has 2 atom stereocenters. The smallest absolute Gasteiger partial charge is 0.132 e. The van der Waals surface area contributed by atoms with Crippen molar-refractivity contribution in [2.24, 2.45) is 0 Å². The summed E-state index contributed by atoms with van der Waals surface area (Å²) in [4.78, 5) is 10.8. The lowest BCUT2D eigenvalue weighted by Gasteiger charge is -2.16. The maximum absolute atomic E-state index is 9.77. The Morgan fingerprint density at radius 3 is 3.00 bits per heavy atom. The molecule has 2 aromatic heterocycles. The van der Waals surface area contributed by atoms with E-state index in [1.54, 1.807) is 7.11 Å². The van der Waals surface area contributed by atoms with Gasteiger partial charge in [0.15, 0.2) is 0 Å². The first kappa shape index (κ1) is 17.7. The van der Waals surface area contributed by atoms with Crippen LogP contribution in [0.5, 0.6) is 5.75 Å². The molecule has 8 heteroatoms. The summed E-state index contributed by atoms with van der Waals surface area (Å²) in [5.41, 5.74) is 2.39. The zero-order valence-corrected chi connectivity index (χ0v) is 15.4. The summed E-state index contributed by atoms with van der Waals surface area (Å²) in [5.74, 6) is 1.56. The molecule has 1 aliphatic heterocycles. The number of H-pyrrole nitrogens is 1. The third-order valence-electron chi connectivity index (χ3n) is 4.66. The Morgan fingerprint density at radius 2 is 2.22 bits per heavy atom. The predicted octanol–water partition coefficient (Wildman–Crippen LogP) is 2.00. The molecule has 0 spiro atoms. The van der Waals surface area contributed by atoms with Crippen LogP contribution in [-0.2, 0) is 4.74 Å². The van der Waals surface area contributed by atoms with Crippen LogP contribution < -0.4 is 9.64 Å². The summed E-state index contributed by atoms with van der Waals surface area (Å²) in [5, 5.41) is 18.2. The number of aromatic amines is 1. The molecule has 1 aromatic carbocycles. The Labute approximate surface area is 157 Å². The molecule has 8 nitrogen and oxygen atoms in total. The lowest BCUT2D eigenvalue weighted by atomic mass is 10.1. The van der Waals surface area contributed by atoms with E-state index in [2.05, 4.69) is 25.1 Å². The van der Waals surface area contributed by atoms with Crippen molar-refractivity contribution in [1.29, 1.82) is 0 Å². The maximum atomic E-state index is 9.77. The van der Waals surface area contributed by atoms with Crippen LogP contribution in [0.3, 0.4) is 0 Å². The first-order chi connectivity index (χ1) is 13.1. The van der Waals surface area contributed by atoms with Crippen molar-refractivity contribution in [2.75, 3.05) is 31.7 Å². The van der Waals surface area contributed by atoms with E-state index in [1.165, 1.54) is 6.33 Å². The maximum Gasteiger partial charge on any atom is 0.132 e.